The maximum absolute atomic E-state index is 12.9. The Morgan fingerprint density at radius 1 is 1.33 bits per heavy atom. The average Bonchev–Trinajstić information content (AvgIpc) is 2.45. The first-order valence-electron chi connectivity index (χ1n) is 7.05. The van der Waals surface area contributed by atoms with Gasteiger partial charge in [0.05, 0.1) is 12.7 Å². The Balaban J connectivity index is 2.02. The number of fused-ring (bicyclic) bond motifs is 2. The third kappa shape index (κ3) is 2.90. The van der Waals surface area contributed by atoms with E-state index in [1.165, 1.54) is 7.11 Å². The quantitative estimate of drug-likeness (QED) is 0.908. The van der Waals surface area contributed by atoms with Gasteiger partial charge in [-0.2, -0.15) is 13.2 Å². The highest BCUT2D eigenvalue weighted by atomic mass is 19.4. The number of halogens is 3. The van der Waals surface area contributed by atoms with Crippen LogP contribution in [0, 0.1) is 0 Å². The molecule has 3 heterocycles. The van der Waals surface area contributed by atoms with E-state index in [9.17, 15) is 13.2 Å². The molecule has 3 nitrogen and oxygen atoms in total. The van der Waals surface area contributed by atoms with E-state index in [2.05, 4.69) is 10.3 Å². The van der Waals surface area contributed by atoms with Crippen LogP contribution in [0.1, 0.15) is 36.8 Å². The van der Waals surface area contributed by atoms with Gasteiger partial charge in [-0.25, -0.2) is 4.98 Å². The number of hydrogen-bond donors (Lipinski definition) is 1. The molecule has 1 N–H and O–H groups in total. The molecule has 0 radical (unpaired) electrons. The van der Waals surface area contributed by atoms with Crippen LogP contribution in [0.4, 0.5) is 13.2 Å². The summed E-state index contributed by atoms with van der Waals surface area (Å²) in [5.41, 5.74) is 0.632. The van der Waals surface area contributed by atoms with Gasteiger partial charge in [0.15, 0.2) is 0 Å². The molecule has 0 aliphatic carbocycles. The summed E-state index contributed by atoms with van der Waals surface area (Å²) in [5, 5.41) is 3.48. The molecule has 2 bridgehead atoms. The maximum Gasteiger partial charge on any atom is 0.417 e. The Kier molecular flexibility index (Phi) is 3.65. The molecule has 2 atom stereocenters. The first-order chi connectivity index (χ1) is 9.97. The Morgan fingerprint density at radius 3 is 2.81 bits per heavy atom. The van der Waals surface area contributed by atoms with E-state index < -0.39 is 11.7 Å². The number of methoxy groups -OCH3 is 1. The number of nitrogens with one attached hydrogen (secondary N) is 1. The number of alkyl halides is 3. The van der Waals surface area contributed by atoms with Crippen molar-refractivity contribution in [3.63, 3.8) is 0 Å². The van der Waals surface area contributed by atoms with Gasteiger partial charge in [-0.3, -0.25) is 0 Å². The van der Waals surface area contributed by atoms with E-state index in [-0.39, 0.29) is 11.9 Å². The zero-order valence-corrected chi connectivity index (χ0v) is 11.7. The van der Waals surface area contributed by atoms with Crippen LogP contribution in [0.3, 0.4) is 0 Å². The number of aromatic nitrogens is 1. The number of hydrogen-bond acceptors (Lipinski definition) is 3. The first-order valence-corrected chi connectivity index (χ1v) is 7.05. The minimum absolute atomic E-state index is 0.242. The van der Waals surface area contributed by atoms with E-state index in [1.807, 2.05) is 6.08 Å². The smallest absolute Gasteiger partial charge is 0.417 e. The van der Waals surface area contributed by atoms with Crippen LogP contribution in [-0.2, 0) is 6.18 Å². The largest absolute Gasteiger partial charge is 0.481 e. The van der Waals surface area contributed by atoms with Gasteiger partial charge < -0.3 is 10.1 Å². The van der Waals surface area contributed by atoms with Gasteiger partial charge in [0.2, 0.25) is 5.88 Å². The Morgan fingerprint density at radius 2 is 2.14 bits per heavy atom. The van der Waals surface area contributed by atoms with Crippen molar-refractivity contribution >= 4 is 5.57 Å². The normalized spacial score (nSPS) is 25.4. The van der Waals surface area contributed by atoms with Crippen molar-refractivity contribution in [1.82, 2.24) is 10.3 Å². The summed E-state index contributed by atoms with van der Waals surface area (Å²) >= 11 is 0. The molecule has 1 fully saturated rings. The number of pyridine rings is 1. The van der Waals surface area contributed by atoms with Crippen molar-refractivity contribution in [1.29, 1.82) is 0 Å². The Hall–Kier alpha value is -1.56. The highest BCUT2D eigenvalue weighted by molar-refractivity contribution is 5.71. The van der Waals surface area contributed by atoms with Crippen LogP contribution in [-0.4, -0.2) is 24.2 Å². The van der Waals surface area contributed by atoms with Gasteiger partial charge >= 0.3 is 6.18 Å². The summed E-state index contributed by atoms with van der Waals surface area (Å²) in [4.78, 5) is 3.83. The zero-order valence-electron chi connectivity index (χ0n) is 11.7. The summed E-state index contributed by atoms with van der Waals surface area (Å²) in [6.07, 6.45) is 2.41. The number of nitrogens with zero attached hydrogens (tertiary/aromatic N) is 1. The molecule has 2 unspecified atom stereocenters. The van der Waals surface area contributed by atoms with Gasteiger partial charge in [-0.15, -0.1) is 0 Å². The topological polar surface area (TPSA) is 34.1 Å². The van der Waals surface area contributed by atoms with Crippen LogP contribution in [0.15, 0.2) is 18.3 Å². The predicted molar refractivity (Wildman–Crippen MR) is 72.9 cm³/mol. The van der Waals surface area contributed by atoms with Crippen molar-refractivity contribution in [3.05, 3.63) is 29.5 Å². The van der Waals surface area contributed by atoms with Crippen LogP contribution in [0.5, 0.6) is 5.88 Å². The standard InChI is InChI=1S/C15H17F3N2O/c1-21-14-13(7-10(8-19-14)15(16,17)18)9-5-11-3-2-4-12(6-9)20-11/h5,7-8,11-12,20H,2-4,6H2,1H3. The molecule has 0 amide bonds. The fourth-order valence-electron chi connectivity index (χ4n) is 3.12. The molecular weight excluding hydrogens is 281 g/mol. The highest BCUT2D eigenvalue weighted by Crippen LogP contribution is 2.37. The van der Waals surface area contributed by atoms with E-state index in [4.69, 9.17) is 4.74 Å². The second-order valence-electron chi connectivity index (χ2n) is 5.58. The fraction of sp³-hybridized carbons (Fsp3) is 0.533. The van der Waals surface area contributed by atoms with Gasteiger partial charge in [-0.05, 0) is 30.9 Å². The van der Waals surface area contributed by atoms with Crippen LogP contribution in [0.25, 0.3) is 5.57 Å². The number of piperidine rings is 1. The zero-order chi connectivity index (χ0) is 15.0. The van der Waals surface area contributed by atoms with Crippen molar-refractivity contribution < 1.29 is 17.9 Å². The summed E-state index contributed by atoms with van der Waals surface area (Å²) < 4.78 is 43.8. The maximum atomic E-state index is 12.9. The Bertz CT molecular complexity index is 569. The molecule has 1 saturated heterocycles. The molecule has 0 spiro atoms. The van der Waals surface area contributed by atoms with Gasteiger partial charge in [0, 0.05) is 23.8 Å². The third-order valence-electron chi connectivity index (χ3n) is 4.10. The minimum Gasteiger partial charge on any atom is -0.481 e. The van der Waals surface area contributed by atoms with Crippen LogP contribution in [0.2, 0.25) is 0 Å². The number of rotatable bonds is 2. The molecular formula is C15H17F3N2O. The van der Waals surface area contributed by atoms with E-state index >= 15 is 0 Å². The minimum atomic E-state index is -4.39. The molecule has 3 rings (SSSR count). The molecule has 2 aliphatic rings. The van der Waals surface area contributed by atoms with Crippen molar-refractivity contribution in [2.75, 3.05) is 7.11 Å². The molecule has 21 heavy (non-hydrogen) atoms. The van der Waals surface area contributed by atoms with Crippen molar-refractivity contribution in [2.24, 2.45) is 0 Å². The summed E-state index contributed by atoms with van der Waals surface area (Å²) in [6.45, 7) is 0. The fourth-order valence-corrected chi connectivity index (χ4v) is 3.12. The summed E-state index contributed by atoms with van der Waals surface area (Å²) in [6, 6.07) is 1.73. The second-order valence-corrected chi connectivity index (χ2v) is 5.58. The summed E-state index contributed by atoms with van der Waals surface area (Å²) in [7, 11) is 1.43. The van der Waals surface area contributed by atoms with E-state index in [1.54, 1.807) is 0 Å². The molecule has 114 valence electrons. The summed E-state index contributed by atoms with van der Waals surface area (Å²) in [5.74, 6) is 0.259. The van der Waals surface area contributed by atoms with Crippen LogP contribution < -0.4 is 10.1 Å². The van der Waals surface area contributed by atoms with Crippen molar-refractivity contribution in [3.8, 4) is 5.88 Å². The molecule has 6 heteroatoms. The predicted octanol–water partition coefficient (Wildman–Crippen LogP) is 3.41. The van der Waals surface area contributed by atoms with Gasteiger partial charge in [-0.1, -0.05) is 12.5 Å². The lowest BCUT2D eigenvalue weighted by Crippen LogP contribution is -2.44. The van der Waals surface area contributed by atoms with Crippen LogP contribution >= 0.6 is 0 Å². The third-order valence-corrected chi connectivity index (χ3v) is 4.10. The SMILES string of the molecule is COc1ncc(C(F)(F)F)cc1C1=CC2CCCC(C1)N2. The highest BCUT2D eigenvalue weighted by Gasteiger charge is 2.33. The van der Waals surface area contributed by atoms with E-state index in [0.717, 1.165) is 43.5 Å². The monoisotopic (exact) mass is 298 g/mol. The lowest BCUT2D eigenvalue weighted by Gasteiger charge is -2.35. The molecule has 1 aromatic heterocycles. The first kappa shape index (κ1) is 14.4. The van der Waals surface area contributed by atoms with Gasteiger partial charge in [0.25, 0.3) is 0 Å². The lowest BCUT2D eigenvalue weighted by atomic mass is 9.85. The molecule has 0 saturated carbocycles. The molecule has 2 aliphatic heterocycles. The van der Waals surface area contributed by atoms with Crippen molar-refractivity contribution in [2.45, 2.75) is 43.9 Å². The molecule has 0 aromatic carbocycles. The number of ether oxygens (including phenoxy) is 1. The Labute approximate surface area is 121 Å². The molecule has 1 aromatic rings. The van der Waals surface area contributed by atoms with E-state index in [0.29, 0.717) is 11.6 Å². The van der Waals surface area contributed by atoms with Gasteiger partial charge in [0.1, 0.15) is 0 Å². The lowest BCUT2D eigenvalue weighted by molar-refractivity contribution is -0.137. The average molecular weight is 298 g/mol. The second kappa shape index (κ2) is 5.33.